The predicted molar refractivity (Wildman–Crippen MR) is 50.8 cm³/mol. The molecule has 0 aromatic carbocycles. The van der Waals surface area contributed by atoms with Gasteiger partial charge in [-0.15, -0.1) is 0 Å². The summed E-state index contributed by atoms with van der Waals surface area (Å²) in [6.07, 6.45) is 0. The van der Waals surface area contributed by atoms with Gasteiger partial charge in [0.15, 0.2) is 0 Å². The highest BCUT2D eigenvalue weighted by atomic mass is 79.9. The van der Waals surface area contributed by atoms with Crippen LogP contribution in [0, 0.1) is 0 Å². The molecule has 1 aromatic rings. The fraction of sp³-hybridized carbons (Fsp3) is 0.250. The molecule has 4 nitrogen and oxygen atoms in total. The van der Waals surface area contributed by atoms with Crippen LogP contribution in [0.2, 0.25) is 0 Å². The molecule has 1 aromatic heterocycles. The first-order valence-corrected chi connectivity index (χ1v) is 4.49. The third-order valence-electron chi connectivity index (χ3n) is 1.32. The van der Waals surface area contributed by atoms with Crippen LogP contribution < -0.4 is 5.73 Å². The van der Waals surface area contributed by atoms with Gasteiger partial charge >= 0.3 is 5.97 Å². The zero-order valence-electron chi connectivity index (χ0n) is 6.87. The van der Waals surface area contributed by atoms with Crippen LogP contribution in [-0.4, -0.2) is 17.5 Å². The number of hydrogen-bond acceptors (Lipinski definition) is 4. The Morgan fingerprint density at radius 3 is 3.00 bits per heavy atom. The Hall–Kier alpha value is -0.940. The molecular weight excluding hydrogens is 236 g/mol. The number of ether oxygens (including phenoxy) is 1. The van der Waals surface area contributed by atoms with Crippen molar-refractivity contribution in [2.75, 3.05) is 6.54 Å². The minimum Gasteiger partial charge on any atom is -0.458 e. The first-order chi connectivity index (χ1) is 6.22. The monoisotopic (exact) mass is 244 g/mol. The van der Waals surface area contributed by atoms with Crippen molar-refractivity contribution < 1.29 is 9.53 Å². The highest BCUT2D eigenvalue weighted by Gasteiger charge is 2.00. The van der Waals surface area contributed by atoms with Crippen molar-refractivity contribution >= 4 is 21.9 Å². The Kier molecular flexibility index (Phi) is 3.85. The molecule has 2 N–H and O–H groups in total. The molecule has 1 heterocycles. The highest BCUT2D eigenvalue weighted by Crippen LogP contribution is 2.06. The SMILES string of the molecule is NCC(=O)OCc1cccc(Br)n1. The van der Waals surface area contributed by atoms with Crippen molar-refractivity contribution in [2.24, 2.45) is 5.73 Å². The molecule has 0 aliphatic rings. The molecule has 5 heteroatoms. The van der Waals surface area contributed by atoms with Crippen LogP contribution >= 0.6 is 15.9 Å². The maximum Gasteiger partial charge on any atom is 0.320 e. The molecule has 0 aliphatic heterocycles. The van der Waals surface area contributed by atoms with E-state index in [4.69, 9.17) is 10.5 Å². The Bertz CT molecular complexity index is 304. The minimum atomic E-state index is -0.429. The van der Waals surface area contributed by atoms with Crippen LogP contribution in [0.25, 0.3) is 0 Å². The summed E-state index contributed by atoms with van der Waals surface area (Å²) in [5.41, 5.74) is 5.75. The number of pyridine rings is 1. The summed E-state index contributed by atoms with van der Waals surface area (Å²) in [6.45, 7) is 0.0590. The molecule has 0 amide bonds. The lowest BCUT2D eigenvalue weighted by molar-refractivity contribution is -0.143. The van der Waals surface area contributed by atoms with Crippen molar-refractivity contribution in [3.8, 4) is 0 Å². The standard InChI is InChI=1S/C8H9BrN2O2/c9-7-3-1-2-6(11-7)5-13-8(12)4-10/h1-3H,4-5,10H2. The Morgan fingerprint density at radius 1 is 1.62 bits per heavy atom. The van der Waals surface area contributed by atoms with Crippen molar-refractivity contribution in [1.29, 1.82) is 0 Å². The number of nitrogens with zero attached hydrogens (tertiary/aromatic N) is 1. The van der Waals surface area contributed by atoms with Crippen molar-refractivity contribution in [1.82, 2.24) is 4.98 Å². The number of esters is 1. The third kappa shape index (κ3) is 3.52. The fourth-order valence-electron chi connectivity index (χ4n) is 0.744. The lowest BCUT2D eigenvalue weighted by atomic mass is 10.4. The molecular formula is C8H9BrN2O2. The molecule has 1 rings (SSSR count). The quantitative estimate of drug-likeness (QED) is 0.633. The van der Waals surface area contributed by atoms with E-state index in [1.807, 2.05) is 6.07 Å². The van der Waals surface area contributed by atoms with Gasteiger partial charge in [0.2, 0.25) is 0 Å². The first-order valence-electron chi connectivity index (χ1n) is 3.69. The zero-order chi connectivity index (χ0) is 9.68. The van der Waals surface area contributed by atoms with Gasteiger partial charge in [-0.1, -0.05) is 6.07 Å². The molecule has 0 fully saturated rings. The summed E-state index contributed by atoms with van der Waals surface area (Å²) in [6, 6.07) is 5.39. The smallest absolute Gasteiger partial charge is 0.320 e. The van der Waals surface area contributed by atoms with Crippen LogP contribution in [0.5, 0.6) is 0 Å². The van der Waals surface area contributed by atoms with E-state index in [2.05, 4.69) is 20.9 Å². The van der Waals surface area contributed by atoms with Crippen molar-refractivity contribution in [3.63, 3.8) is 0 Å². The molecule has 0 bridgehead atoms. The van der Waals surface area contributed by atoms with Gasteiger partial charge in [-0.2, -0.15) is 0 Å². The normalized spacial score (nSPS) is 9.69. The van der Waals surface area contributed by atoms with Gasteiger partial charge in [0.1, 0.15) is 11.2 Å². The Balaban J connectivity index is 2.50. The first kappa shape index (κ1) is 10.1. The molecule has 0 saturated carbocycles. The van der Waals surface area contributed by atoms with Crippen LogP contribution in [0.3, 0.4) is 0 Å². The van der Waals surface area contributed by atoms with Gasteiger partial charge in [-0.3, -0.25) is 4.79 Å². The van der Waals surface area contributed by atoms with E-state index >= 15 is 0 Å². The average Bonchev–Trinajstić information content (AvgIpc) is 2.14. The lowest BCUT2D eigenvalue weighted by Crippen LogP contribution is -2.16. The second kappa shape index (κ2) is 4.94. The number of halogens is 1. The van der Waals surface area contributed by atoms with Crippen LogP contribution in [0.1, 0.15) is 5.69 Å². The van der Waals surface area contributed by atoms with Gasteiger partial charge in [-0.05, 0) is 28.1 Å². The number of nitrogens with two attached hydrogens (primary N) is 1. The van der Waals surface area contributed by atoms with E-state index in [0.717, 1.165) is 0 Å². The van der Waals surface area contributed by atoms with Crippen molar-refractivity contribution in [2.45, 2.75) is 6.61 Å². The maximum absolute atomic E-state index is 10.7. The highest BCUT2D eigenvalue weighted by molar-refractivity contribution is 9.10. The van der Waals surface area contributed by atoms with E-state index < -0.39 is 5.97 Å². The topological polar surface area (TPSA) is 65.2 Å². The Morgan fingerprint density at radius 2 is 2.38 bits per heavy atom. The lowest BCUT2D eigenvalue weighted by Gasteiger charge is -2.02. The maximum atomic E-state index is 10.7. The number of carbonyl (C=O) groups excluding carboxylic acids is 1. The minimum absolute atomic E-state index is 0.103. The van der Waals surface area contributed by atoms with Gasteiger partial charge in [-0.25, -0.2) is 4.98 Å². The van der Waals surface area contributed by atoms with Gasteiger partial charge in [0.05, 0.1) is 12.2 Å². The van der Waals surface area contributed by atoms with Crippen LogP contribution in [-0.2, 0) is 16.1 Å². The van der Waals surface area contributed by atoms with Gasteiger partial charge in [0.25, 0.3) is 0 Å². The Labute approximate surface area is 84.2 Å². The van der Waals surface area contributed by atoms with E-state index in [1.165, 1.54) is 0 Å². The van der Waals surface area contributed by atoms with Gasteiger partial charge < -0.3 is 10.5 Å². The molecule has 0 radical (unpaired) electrons. The van der Waals surface area contributed by atoms with Gasteiger partial charge in [0, 0.05) is 0 Å². The summed E-state index contributed by atoms with van der Waals surface area (Å²) in [5, 5.41) is 0. The molecule has 0 saturated heterocycles. The largest absolute Gasteiger partial charge is 0.458 e. The molecule has 0 aliphatic carbocycles. The van der Waals surface area contributed by atoms with Crippen LogP contribution in [0.4, 0.5) is 0 Å². The second-order valence-electron chi connectivity index (χ2n) is 2.32. The summed E-state index contributed by atoms with van der Waals surface area (Å²) in [4.78, 5) is 14.8. The van der Waals surface area contributed by atoms with Crippen molar-refractivity contribution in [3.05, 3.63) is 28.5 Å². The predicted octanol–water partition coefficient (Wildman–Crippen LogP) is 0.846. The number of carbonyl (C=O) groups is 1. The summed E-state index contributed by atoms with van der Waals surface area (Å²) in [5.74, 6) is -0.429. The van der Waals surface area contributed by atoms with E-state index in [1.54, 1.807) is 12.1 Å². The molecule has 0 unspecified atom stereocenters. The molecule has 0 atom stereocenters. The van der Waals surface area contributed by atoms with Crippen LogP contribution in [0.15, 0.2) is 22.8 Å². The fourth-order valence-corrected chi connectivity index (χ4v) is 1.12. The van der Waals surface area contributed by atoms with E-state index in [-0.39, 0.29) is 13.2 Å². The molecule has 70 valence electrons. The van der Waals surface area contributed by atoms with E-state index in [0.29, 0.717) is 10.3 Å². The number of aromatic nitrogens is 1. The summed E-state index contributed by atoms with van der Waals surface area (Å²) in [7, 11) is 0. The number of rotatable bonds is 3. The molecule has 0 spiro atoms. The number of hydrogen-bond donors (Lipinski definition) is 1. The molecule has 13 heavy (non-hydrogen) atoms. The second-order valence-corrected chi connectivity index (χ2v) is 3.13. The third-order valence-corrected chi connectivity index (χ3v) is 1.76. The van der Waals surface area contributed by atoms with E-state index in [9.17, 15) is 4.79 Å². The summed E-state index contributed by atoms with van der Waals surface area (Å²) < 4.78 is 5.50. The summed E-state index contributed by atoms with van der Waals surface area (Å²) >= 11 is 3.21. The zero-order valence-corrected chi connectivity index (χ0v) is 8.45. The average molecular weight is 245 g/mol.